The molecule has 2 rings (SSSR count). The van der Waals surface area contributed by atoms with Gasteiger partial charge in [-0.1, -0.05) is 20.8 Å². The van der Waals surface area contributed by atoms with E-state index in [1.165, 1.54) is 12.4 Å². The molecule has 21 heavy (non-hydrogen) atoms. The number of aromatic hydroxyl groups is 1. The molecule has 112 valence electrons. The minimum absolute atomic E-state index is 0.0663. The van der Waals surface area contributed by atoms with E-state index in [0.29, 0.717) is 5.82 Å². The summed E-state index contributed by atoms with van der Waals surface area (Å²) in [6.45, 7) is 11.1. The van der Waals surface area contributed by atoms with Crippen molar-refractivity contribution in [2.45, 2.75) is 38.9 Å². The lowest BCUT2D eigenvalue weighted by Crippen LogP contribution is -2.43. The summed E-state index contributed by atoms with van der Waals surface area (Å²) in [6.07, 6.45) is 2.78. The number of hydrogen-bond donors (Lipinski definition) is 1. The van der Waals surface area contributed by atoms with Crippen molar-refractivity contribution in [2.24, 2.45) is 0 Å². The molecule has 0 unspecified atom stereocenters. The standard InChI is InChI=1S/C16H22N2O2Si/c1-16(2,3)21(4,5)20-14-8-6-12(7-9-14)15-17-10-13(19)11-18-15/h6-11,19H,1-5H3. The van der Waals surface area contributed by atoms with Gasteiger partial charge in [0.25, 0.3) is 0 Å². The Balaban J connectivity index is 2.18. The summed E-state index contributed by atoms with van der Waals surface area (Å²) in [5.41, 5.74) is 0.901. The zero-order valence-electron chi connectivity index (χ0n) is 13.2. The van der Waals surface area contributed by atoms with E-state index in [9.17, 15) is 5.11 Å². The van der Waals surface area contributed by atoms with Gasteiger partial charge in [0.1, 0.15) is 5.75 Å². The Morgan fingerprint density at radius 1 is 1.00 bits per heavy atom. The molecule has 0 saturated heterocycles. The molecule has 0 radical (unpaired) electrons. The fraction of sp³-hybridized carbons (Fsp3) is 0.375. The van der Waals surface area contributed by atoms with Crippen molar-refractivity contribution >= 4 is 8.32 Å². The van der Waals surface area contributed by atoms with Crippen LogP contribution in [-0.2, 0) is 0 Å². The van der Waals surface area contributed by atoms with Gasteiger partial charge < -0.3 is 9.53 Å². The number of rotatable bonds is 3. The molecule has 0 bridgehead atoms. The summed E-state index contributed by atoms with van der Waals surface area (Å²) in [4.78, 5) is 8.20. The van der Waals surface area contributed by atoms with Crippen molar-refractivity contribution in [1.29, 1.82) is 0 Å². The van der Waals surface area contributed by atoms with Crippen LogP contribution in [0.5, 0.6) is 11.5 Å². The normalized spacial score (nSPS) is 12.2. The molecule has 0 aliphatic carbocycles. The first-order chi connectivity index (χ1) is 9.69. The Hall–Kier alpha value is -1.88. The molecule has 0 atom stereocenters. The van der Waals surface area contributed by atoms with Gasteiger partial charge in [-0.2, -0.15) is 0 Å². The van der Waals surface area contributed by atoms with Gasteiger partial charge in [0.15, 0.2) is 11.6 Å². The molecule has 4 nitrogen and oxygen atoms in total. The van der Waals surface area contributed by atoms with Crippen LogP contribution in [0.2, 0.25) is 18.1 Å². The van der Waals surface area contributed by atoms with Crippen molar-refractivity contribution in [3.05, 3.63) is 36.7 Å². The van der Waals surface area contributed by atoms with Gasteiger partial charge in [-0.15, -0.1) is 0 Å². The summed E-state index contributed by atoms with van der Waals surface area (Å²) in [7, 11) is -1.81. The number of hydrogen-bond acceptors (Lipinski definition) is 4. The monoisotopic (exact) mass is 302 g/mol. The lowest BCUT2D eigenvalue weighted by atomic mass is 10.2. The summed E-state index contributed by atoms with van der Waals surface area (Å²) >= 11 is 0. The summed E-state index contributed by atoms with van der Waals surface area (Å²) in [5, 5.41) is 9.38. The van der Waals surface area contributed by atoms with E-state index in [-0.39, 0.29) is 10.8 Å². The molecule has 1 heterocycles. The fourth-order valence-corrected chi connectivity index (χ4v) is 2.62. The molecule has 0 saturated carbocycles. The van der Waals surface area contributed by atoms with Crippen molar-refractivity contribution in [1.82, 2.24) is 9.97 Å². The van der Waals surface area contributed by atoms with Crippen LogP contribution in [0.15, 0.2) is 36.7 Å². The van der Waals surface area contributed by atoms with Crippen molar-refractivity contribution in [3.8, 4) is 22.9 Å². The molecule has 0 aliphatic heterocycles. The molecule has 0 amide bonds. The number of benzene rings is 1. The van der Waals surface area contributed by atoms with E-state index in [1.807, 2.05) is 24.3 Å². The first-order valence-electron chi connectivity index (χ1n) is 6.99. The fourth-order valence-electron chi connectivity index (χ4n) is 1.59. The van der Waals surface area contributed by atoms with Gasteiger partial charge in [-0.05, 0) is 42.4 Å². The molecule has 0 fully saturated rings. The second-order valence-corrected chi connectivity index (χ2v) is 11.4. The highest BCUT2D eigenvalue weighted by Gasteiger charge is 2.38. The van der Waals surface area contributed by atoms with Gasteiger partial charge in [0.2, 0.25) is 8.32 Å². The van der Waals surface area contributed by atoms with Crippen LogP contribution in [-0.4, -0.2) is 23.4 Å². The van der Waals surface area contributed by atoms with Gasteiger partial charge in [-0.25, -0.2) is 9.97 Å². The highest BCUT2D eigenvalue weighted by Crippen LogP contribution is 2.37. The highest BCUT2D eigenvalue weighted by atomic mass is 28.4. The van der Waals surface area contributed by atoms with Crippen LogP contribution in [0.25, 0.3) is 11.4 Å². The third-order valence-electron chi connectivity index (χ3n) is 3.93. The first-order valence-corrected chi connectivity index (χ1v) is 9.90. The smallest absolute Gasteiger partial charge is 0.250 e. The van der Waals surface area contributed by atoms with Crippen LogP contribution >= 0.6 is 0 Å². The Morgan fingerprint density at radius 3 is 2.00 bits per heavy atom. The minimum Gasteiger partial charge on any atom is -0.544 e. The average Bonchev–Trinajstić information content (AvgIpc) is 2.39. The van der Waals surface area contributed by atoms with Crippen LogP contribution < -0.4 is 4.43 Å². The third-order valence-corrected chi connectivity index (χ3v) is 8.29. The first kappa shape index (κ1) is 15.5. The predicted octanol–water partition coefficient (Wildman–Crippen LogP) is 4.23. The zero-order valence-corrected chi connectivity index (χ0v) is 14.2. The Bertz CT molecular complexity index is 602. The van der Waals surface area contributed by atoms with E-state index in [0.717, 1.165) is 11.3 Å². The number of aromatic nitrogens is 2. The SMILES string of the molecule is CC(C)(C)[Si](C)(C)Oc1ccc(-c2ncc(O)cn2)cc1. The zero-order chi connectivity index (χ0) is 15.7. The van der Waals surface area contributed by atoms with Crippen LogP contribution in [0.1, 0.15) is 20.8 Å². The van der Waals surface area contributed by atoms with Gasteiger partial charge >= 0.3 is 0 Å². The largest absolute Gasteiger partial charge is 0.544 e. The predicted molar refractivity (Wildman–Crippen MR) is 87.0 cm³/mol. The molecule has 1 aromatic heterocycles. The Kier molecular flexibility index (Phi) is 4.05. The summed E-state index contributed by atoms with van der Waals surface area (Å²) in [6, 6.07) is 7.78. The van der Waals surface area contributed by atoms with Crippen LogP contribution in [0.3, 0.4) is 0 Å². The van der Waals surface area contributed by atoms with Gasteiger partial charge in [-0.3, -0.25) is 0 Å². The molecule has 0 spiro atoms. The molecular formula is C16H22N2O2Si. The number of nitrogens with zero attached hydrogens (tertiary/aromatic N) is 2. The Morgan fingerprint density at radius 2 is 1.52 bits per heavy atom. The molecule has 5 heteroatoms. The van der Waals surface area contributed by atoms with Crippen LogP contribution in [0.4, 0.5) is 0 Å². The second-order valence-electron chi connectivity index (χ2n) is 6.65. The molecule has 1 N–H and O–H groups in total. The quantitative estimate of drug-likeness (QED) is 0.862. The van der Waals surface area contributed by atoms with Crippen molar-refractivity contribution in [3.63, 3.8) is 0 Å². The van der Waals surface area contributed by atoms with E-state index < -0.39 is 8.32 Å². The average molecular weight is 302 g/mol. The maximum Gasteiger partial charge on any atom is 0.250 e. The lowest BCUT2D eigenvalue weighted by Gasteiger charge is -2.36. The maximum absolute atomic E-state index is 9.21. The van der Waals surface area contributed by atoms with Gasteiger partial charge in [0, 0.05) is 5.56 Å². The highest BCUT2D eigenvalue weighted by molar-refractivity contribution is 6.74. The Labute approximate surface area is 127 Å². The molecular weight excluding hydrogens is 280 g/mol. The summed E-state index contributed by atoms with van der Waals surface area (Å²) < 4.78 is 6.23. The second kappa shape index (κ2) is 5.48. The summed E-state index contributed by atoms with van der Waals surface area (Å²) in [5.74, 6) is 1.53. The molecule has 1 aromatic carbocycles. The molecule has 0 aliphatic rings. The van der Waals surface area contributed by atoms with E-state index in [2.05, 4.69) is 43.8 Å². The van der Waals surface area contributed by atoms with Gasteiger partial charge in [0.05, 0.1) is 12.4 Å². The van der Waals surface area contributed by atoms with E-state index >= 15 is 0 Å². The molecule has 2 aromatic rings. The van der Waals surface area contributed by atoms with E-state index in [1.54, 1.807) is 0 Å². The third kappa shape index (κ3) is 3.61. The van der Waals surface area contributed by atoms with E-state index in [4.69, 9.17) is 4.43 Å². The topological polar surface area (TPSA) is 55.2 Å². The minimum atomic E-state index is -1.81. The van der Waals surface area contributed by atoms with Crippen LogP contribution in [0, 0.1) is 0 Å². The lowest BCUT2D eigenvalue weighted by molar-refractivity contribution is 0.470. The maximum atomic E-state index is 9.21. The van der Waals surface area contributed by atoms with Crippen molar-refractivity contribution < 1.29 is 9.53 Å². The van der Waals surface area contributed by atoms with Crippen molar-refractivity contribution in [2.75, 3.05) is 0 Å².